The Morgan fingerprint density at radius 1 is 0.605 bits per heavy atom. The standard InChI is InChI=1S/C28H17F9O/c1-2-3-14-4-6-17(21(29)10-14)15-5-7-18(22(30)11-15)19-8-9-20(26(34)25(19)33)28(36,37)38-16-12-23(31)27(35)24(32)13-16/h4-13H,2-3H2,1H3. The highest BCUT2D eigenvalue weighted by molar-refractivity contribution is 5.72. The van der Waals surface area contributed by atoms with Crippen molar-refractivity contribution < 1.29 is 44.3 Å². The van der Waals surface area contributed by atoms with Gasteiger partial charge < -0.3 is 4.74 Å². The van der Waals surface area contributed by atoms with E-state index in [9.17, 15) is 39.5 Å². The molecule has 0 bridgehead atoms. The fourth-order valence-corrected chi connectivity index (χ4v) is 3.91. The quantitative estimate of drug-likeness (QED) is 0.168. The lowest BCUT2D eigenvalue weighted by atomic mass is 9.96. The molecule has 0 atom stereocenters. The van der Waals surface area contributed by atoms with Gasteiger partial charge in [0.15, 0.2) is 29.1 Å². The number of ether oxygens (including phenoxy) is 1. The smallest absolute Gasteiger partial charge is 0.429 e. The van der Waals surface area contributed by atoms with Crippen molar-refractivity contribution in [2.24, 2.45) is 0 Å². The zero-order valence-corrected chi connectivity index (χ0v) is 19.5. The number of alkyl halides is 2. The molecule has 0 spiro atoms. The maximum Gasteiger partial charge on any atom is 0.429 e. The van der Waals surface area contributed by atoms with Crippen molar-refractivity contribution in [2.75, 3.05) is 0 Å². The normalized spacial score (nSPS) is 11.6. The lowest BCUT2D eigenvalue weighted by Crippen LogP contribution is -2.24. The summed E-state index contributed by atoms with van der Waals surface area (Å²) in [4.78, 5) is 0. The van der Waals surface area contributed by atoms with Gasteiger partial charge in [0.2, 0.25) is 0 Å². The average molecular weight is 540 g/mol. The largest absolute Gasteiger partial charge is 0.429 e. The first-order valence-electron chi connectivity index (χ1n) is 11.2. The molecule has 4 rings (SSSR count). The highest BCUT2D eigenvalue weighted by atomic mass is 19.3. The Morgan fingerprint density at radius 2 is 1.21 bits per heavy atom. The molecule has 0 radical (unpaired) electrons. The van der Waals surface area contributed by atoms with Crippen LogP contribution in [0.3, 0.4) is 0 Å². The molecule has 4 aromatic carbocycles. The Kier molecular flexibility index (Phi) is 7.44. The second-order valence-electron chi connectivity index (χ2n) is 8.37. The zero-order valence-electron chi connectivity index (χ0n) is 19.5. The maximum atomic E-state index is 14.9. The van der Waals surface area contributed by atoms with Crippen LogP contribution in [0, 0.1) is 40.7 Å². The minimum atomic E-state index is -4.65. The molecule has 0 aliphatic heterocycles. The van der Waals surface area contributed by atoms with Crippen LogP contribution in [0.1, 0.15) is 24.5 Å². The molecular weight excluding hydrogens is 523 g/mol. The molecule has 0 aromatic heterocycles. The summed E-state index contributed by atoms with van der Waals surface area (Å²) in [7, 11) is 0. The van der Waals surface area contributed by atoms with Gasteiger partial charge in [0.1, 0.15) is 22.9 Å². The Hall–Kier alpha value is -3.95. The predicted molar refractivity (Wildman–Crippen MR) is 122 cm³/mol. The molecule has 0 unspecified atom stereocenters. The fraction of sp³-hybridized carbons (Fsp3) is 0.143. The zero-order chi connectivity index (χ0) is 27.8. The summed E-state index contributed by atoms with van der Waals surface area (Å²) in [6, 6.07) is 8.93. The molecule has 38 heavy (non-hydrogen) atoms. The van der Waals surface area contributed by atoms with E-state index in [1.54, 1.807) is 6.07 Å². The van der Waals surface area contributed by atoms with Gasteiger partial charge in [-0.25, -0.2) is 30.7 Å². The molecule has 4 aromatic rings. The molecule has 0 aliphatic rings. The second kappa shape index (κ2) is 10.4. The third-order valence-electron chi connectivity index (χ3n) is 5.74. The summed E-state index contributed by atoms with van der Waals surface area (Å²) < 4.78 is 132. The van der Waals surface area contributed by atoms with E-state index in [-0.39, 0.29) is 23.3 Å². The second-order valence-corrected chi connectivity index (χ2v) is 8.37. The monoisotopic (exact) mass is 540 g/mol. The lowest BCUT2D eigenvalue weighted by molar-refractivity contribution is -0.187. The van der Waals surface area contributed by atoms with Crippen LogP contribution >= 0.6 is 0 Å². The maximum absolute atomic E-state index is 14.9. The Balaban J connectivity index is 1.66. The van der Waals surface area contributed by atoms with Gasteiger partial charge in [-0.2, -0.15) is 8.78 Å². The van der Waals surface area contributed by atoms with Gasteiger partial charge >= 0.3 is 6.11 Å². The fourth-order valence-electron chi connectivity index (χ4n) is 3.91. The third kappa shape index (κ3) is 5.20. The van der Waals surface area contributed by atoms with E-state index in [2.05, 4.69) is 4.74 Å². The Labute approximate surface area is 211 Å². The van der Waals surface area contributed by atoms with Crippen LogP contribution in [0.5, 0.6) is 5.75 Å². The minimum Gasteiger partial charge on any atom is -0.429 e. The summed E-state index contributed by atoms with van der Waals surface area (Å²) in [5, 5.41) is 0. The van der Waals surface area contributed by atoms with Crippen LogP contribution < -0.4 is 4.74 Å². The van der Waals surface area contributed by atoms with E-state index < -0.39 is 69.3 Å². The van der Waals surface area contributed by atoms with Crippen molar-refractivity contribution >= 4 is 0 Å². The van der Waals surface area contributed by atoms with Crippen molar-refractivity contribution in [3.05, 3.63) is 113 Å². The summed E-state index contributed by atoms with van der Waals surface area (Å²) in [5.74, 6) is -12.5. The summed E-state index contributed by atoms with van der Waals surface area (Å²) >= 11 is 0. The van der Waals surface area contributed by atoms with Gasteiger partial charge in [0.25, 0.3) is 0 Å². The molecule has 0 heterocycles. The van der Waals surface area contributed by atoms with Crippen molar-refractivity contribution in [3.8, 4) is 28.0 Å². The van der Waals surface area contributed by atoms with E-state index >= 15 is 0 Å². The highest BCUT2D eigenvalue weighted by Crippen LogP contribution is 2.38. The van der Waals surface area contributed by atoms with E-state index in [4.69, 9.17) is 0 Å². The predicted octanol–water partition coefficient (Wildman–Crippen LogP) is 9.08. The first-order chi connectivity index (χ1) is 17.9. The van der Waals surface area contributed by atoms with Gasteiger partial charge in [-0.1, -0.05) is 43.7 Å². The van der Waals surface area contributed by atoms with Gasteiger partial charge in [-0.15, -0.1) is 0 Å². The van der Waals surface area contributed by atoms with Crippen LogP contribution in [0.25, 0.3) is 22.3 Å². The topological polar surface area (TPSA) is 9.23 Å². The lowest BCUT2D eigenvalue weighted by Gasteiger charge is -2.20. The SMILES string of the molecule is CCCc1ccc(-c2ccc(-c3ccc(C(F)(F)Oc4cc(F)c(F)c(F)c4)c(F)c3F)c(F)c2)c(F)c1. The molecule has 0 saturated heterocycles. The minimum absolute atomic E-state index is 0.0720. The Bertz CT molecular complexity index is 1490. The van der Waals surface area contributed by atoms with Gasteiger partial charge in [0.05, 0.1) is 0 Å². The van der Waals surface area contributed by atoms with Gasteiger partial charge in [-0.3, -0.25) is 0 Å². The van der Waals surface area contributed by atoms with Crippen LogP contribution in [0.4, 0.5) is 39.5 Å². The molecule has 0 fully saturated rings. The van der Waals surface area contributed by atoms with Crippen LogP contribution in [0.2, 0.25) is 0 Å². The van der Waals surface area contributed by atoms with E-state index in [0.29, 0.717) is 18.6 Å². The number of hydrogen-bond acceptors (Lipinski definition) is 1. The number of halogens is 9. The van der Waals surface area contributed by atoms with E-state index in [0.717, 1.165) is 24.1 Å². The molecule has 1 nitrogen and oxygen atoms in total. The van der Waals surface area contributed by atoms with Crippen molar-refractivity contribution in [1.82, 2.24) is 0 Å². The van der Waals surface area contributed by atoms with Crippen molar-refractivity contribution in [2.45, 2.75) is 25.9 Å². The number of benzene rings is 4. The van der Waals surface area contributed by atoms with Gasteiger partial charge in [0, 0.05) is 28.8 Å². The van der Waals surface area contributed by atoms with Crippen LogP contribution in [-0.2, 0) is 12.5 Å². The summed E-state index contributed by atoms with van der Waals surface area (Å²) in [5.41, 5.74) is -1.93. The van der Waals surface area contributed by atoms with Gasteiger partial charge in [-0.05, 0) is 35.7 Å². The summed E-state index contributed by atoms with van der Waals surface area (Å²) in [6.07, 6.45) is -3.21. The van der Waals surface area contributed by atoms with Crippen LogP contribution in [-0.4, -0.2) is 0 Å². The highest BCUT2D eigenvalue weighted by Gasteiger charge is 2.40. The first-order valence-corrected chi connectivity index (χ1v) is 11.2. The summed E-state index contributed by atoms with van der Waals surface area (Å²) in [6.45, 7) is 1.93. The molecule has 10 heteroatoms. The number of rotatable bonds is 7. The molecule has 0 saturated carbocycles. The molecule has 198 valence electrons. The van der Waals surface area contributed by atoms with Crippen LogP contribution in [0.15, 0.2) is 60.7 Å². The van der Waals surface area contributed by atoms with E-state index in [1.165, 1.54) is 18.2 Å². The van der Waals surface area contributed by atoms with E-state index in [1.807, 2.05) is 6.92 Å². The Morgan fingerprint density at radius 3 is 1.82 bits per heavy atom. The molecule has 0 N–H and O–H groups in total. The molecular formula is C28H17F9O. The number of hydrogen-bond donors (Lipinski definition) is 0. The average Bonchev–Trinajstić information content (AvgIpc) is 2.84. The molecule has 0 amide bonds. The first kappa shape index (κ1) is 27.1. The van der Waals surface area contributed by atoms with Crippen molar-refractivity contribution in [1.29, 1.82) is 0 Å². The van der Waals surface area contributed by atoms with Crippen molar-refractivity contribution in [3.63, 3.8) is 0 Å². The molecule has 0 aliphatic carbocycles. The third-order valence-corrected chi connectivity index (χ3v) is 5.74. The number of aryl methyl sites for hydroxylation is 1.